The first kappa shape index (κ1) is 12.6. The highest BCUT2D eigenvalue weighted by atomic mass is 79.9. The summed E-state index contributed by atoms with van der Waals surface area (Å²) in [7, 11) is 0. The molecule has 82 valence electrons. The van der Waals surface area contributed by atoms with Crippen LogP contribution in [0.15, 0.2) is 36.3 Å². The lowest BCUT2D eigenvalue weighted by molar-refractivity contribution is 0.0619. The van der Waals surface area contributed by atoms with Crippen LogP contribution in [0.5, 0.6) is 0 Å². The minimum Gasteiger partial charge on any atom is -0.481 e. The van der Waals surface area contributed by atoms with Gasteiger partial charge in [-0.2, -0.15) is 0 Å². The van der Waals surface area contributed by atoms with E-state index in [1.165, 1.54) is 0 Å². The molecule has 1 aromatic rings. The molecule has 0 aliphatic carbocycles. The van der Waals surface area contributed by atoms with Crippen molar-refractivity contribution in [3.8, 4) is 0 Å². The number of aliphatic hydroxyl groups is 1. The first-order valence-corrected chi connectivity index (χ1v) is 6.75. The van der Waals surface area contributed by atoms with E-state index in [1.54, 1.807) is 6.08 Å². The molecular formula is C11H12Br2O2. The van der Waals surface area contributed by atoms with Gasteiger partial charge in [0.15, 0.2) is 0 Å². The summed E-state index contributed by atoms with van der Waals surface area (Å²) in [5.41, 5.74) is 0.915. The highest BCUT2D eigenvalue weighted by Crippen LogP contribution is 2.10. The Morgan fingerprint density at radius 1 is 1.27 bits per heavy atom. The average molecular weight is 336 g/mol. The highest BCUT2D eigenvalue weighted by molar-refractivity contribution is 9.09. The van der Waals surface area contributed by atoms with Gasteiger partial charge < -0.3 is 9.84 Å². The van der Waals surface area contributed by atoms with Crippen LogP contribution in [0.1, 0.15) is 5.56 Å². The van der Waals surface area contributed by atoms with Crippen molar-refractivity contribution in [2.45, 2.75) is 6.10 Å². The lowest BCUT2D eigenvalue weighted by atomic mass is 10.2. The molecule has 0 saturated heterocycles. The molecule has 0 unspecified atom stereocenters. The molecule has 1 rings (SSSR count). The maximum Gasteiger partial charge on any atom is 0.277 e. The van der Waals surface area contributed by atoms with Crippen LogP contribution in [0.25, 0.3) is 6.08 Å². The van der Waals surface area contributed by atoms with Gasteiger partial charge in [-0.15, -0.1) is 0 Å². The van der Waals surface area contributed by atoms with Crippen molar-refractivity contribution < 1.29 is 9.84 Å². The molecule has 0 amide bonds. The molecule has 0 saturated carbocycles. The monoisotopic (exact) mass is 334 g/mol. The second kappa shape index (κ2) is 6.90. The predicted molar refractivity (Wildman–Crippen MR) is 69.5 cm³/mol. The van der Waals surface area contributed by atoms with E-state index >= 15 is 0 Å². The first-order chi connectivity index (χ1) is 7.26. The van der Waals surface area contributed by atoms with Crippen molar-refractivity contribution in [3.63, 3.8) is 0 Å². The van der Waals surface area contributed by atoms with E-state index in [4.69, 9.17) is 4.74 Å². The lowest BCUT2D eigenvalue weighted by Gasteiger charge is -2.12. The summed E-state index contributed by atoms with van der Waals surface area (Å²) in [5, 5.41) is 10.9. The lowest BCUT2D eigenvalue weighted by Crippen LogP contribution is -2.15. The summed E-state index contributed by atoms with van der Waals surface area (Å²) < 4.78 is 5.28. The summed E-state index contributed by atoms with van der Waals surface area (Å²) in [6.45, 7) is 0. The number of hydrogen-bond donors (Lipinski definition) is 1. The number of ether oxygens (including phenoxy) is 1. The quantitative estimate of drug-likeness (QED) is 0.656. The van der Waals surface area contributed by atoms with Crippen LogP contribution in [0.3, 0.4) is 0 Å². The highest BCUT2D eigenvalue weighted by Gasteiger charge is 2.07. The van der Waals surface area contributed by atoms with Gasteiger partial charge in [-0.3, -0.25) is 0 Å². The molecule has 0 bridgehead atoms. The Hall–Kier alpha value is -0.480. The number of rotatable bonds is 5. The van der Waals surface area contributed by atoms with Gasteiger partial charge in [-0.1, -0.05) is 62.2 Å². The first-order valence-electron chi connectivity index (χ1n) is 4.50. The second-order valence-electron chi connectivity index (χ2n) is 2.94. The Labute approximate surface area is 106 Å². The fourth-order valence-electron chi connectivity index (χ4n) is 1.00. The Bertz CT molecular complexity index is 308. The third-order valence-electron chi connectivity index (χ3n) is 1.72. The zero-order chi connectivity index (χ0) is 11.1. The second-order valence-corrected chi connectivity index (χ2v) is 4.24. The molecule has 0 radical (unpaired) electrons. The van der Waals surface area contributed by atoms with E-state index in [0.29, 0.717) is 10.7 Å². The van der Waals surface area contributed by atoms with Gasteiger partial charge in [-0.05, 0) is 5.56 Å². The molecule has 0 spiro atoms. The number of benzene rings is 1. The van der Waals surface area contributed by atoms with E-state index in [-0.39, 0.29) is 12.0 Å². The van der Waals surface area contributed by atoms with Crippen LogP contribution in [0.4, 0.5) is 0 Å². The Morgan fingerprint density at radius 2 is 1.87 bits per heavy atom. The van der Waals surface area contributed by atoms with Crippen molar-refractivity contribution in [2.75, 3.05) is 10.7 Å². The fourth-order valence-corrected chi connectivity index (χ4v) is 2.34. The zero-order valence-corrected chi connectivity index (χ0v) is 11.2. The molecule has 0 aliphatic rings. The number of alkyl halides is 2. The topological polar surface area (TPSA) is 29.5 Å². The van der Waals surface area contributed by atoms with E-state index in [0.717, 1.165) is 5.56 Å². The predicted octanol–water partition coefficient (Wildman–Crippen LogP) is 3.72. The Morgan fingerprint density at radius 3 is 2.40 bits per heavy atom. The number of hydrogen-bond acceptors (Lipinski definition) is 2. The van der Waals surface area contributed by atoms with Gasteiger partial charge >= 0.3 is 0 Å². The van der Waals surface area contributed by atoms with Crippen LogP contribution in [0.2, 0.25) is 0 Å². The van der Waals surface area contributed by atoms with Gasteiger partial charge in [0.2, 0.25) is 0 Å². The summed E-state index contributed by atoms with van der Waals surface area (Å²) in [6, 6.07) is 9.54. The molecule has 0 aromatic heterocycles. The molecule has 0 atom stereocenters. The van der Waals surface area contributed by atoms with Crippen molar-refractivity contribution >= 4 is 37.9 Å². The van der Waals surface area contributed by atoms with Crippen LogP contribution in [0, 0.1) is 0 Å². The van der Waals surface area contributed by atoms with Crippen LogP contribution in [-0.4, -0.2) is 21.9 Å². The van der Waals surface area contributed by atoms with Crippen LogP contribution < -0.4 is 0 Å². The zero-order valence-electron chi connectivity index (χ0n) is 8.07. The van der Waals surface area contributed by atoms with Crippen LogP contribution >= 0.6 is 31.9 Å². The molecule has 1 aromatic carbocycles. The molecule has 1 N–H and O–H groups in total. The maximum absolute atomic E-state index is 9.53. The maximum atomic E-state index is 9.53. The summed E-state index contributed by atoms with van der Waals surface area (Å²) >= 11 is 6.59. The average Bonchev–Trinajstić information content (AvgIpc) is 2.27. The van der Waals surface area contributed by atoms with Gasteiger partial charge in [0.25, 0.3) is 5.95 Å². The minimum absolute atomic E-state index is 0.0647. The summed E-state index contributed by atoms with van der Waals surface area (Å²) in [6.07, 6.45) is 1.53. The molecule has 15 heavy (non-hydrogen) atoms. The molecule has 2 nitrogen and oxygen atoms in total. The SMILES string of the molecule is O/C(=C\c1ccccc1)OC(CBr)CBr. The molecule has 0 aliphatic heterocycles. The third-order valence-corrected chi connectivity index (χ3v) is 3.17. The van der Waals surface area contributed by atoms with E-state index in [9.17, 15) is 5.11 Å². The van der Waals surface area contributed by atoms with Gasteiger partial charge in [0.1, 0.15) is 6.10 Å². The fraction of sp³-hybridized carbons (Fsp3) is 0.273. The van der Waals surface area contributed by atoms with Crippen LogP contribution in [-0.2, 0) is 4.74 Å². The largest absolute Gasteiger partial charge is 0.481 e. The van der Waals surface area contributed by atoms with E-state index in [2.05, 4.69) is 31.9 Å². The molecule has 0 heterocycles. The Balaban J connectivity index is 2.60. The van der Waals surface area contributed by atoms with Crippen molar-refractivity contribution in [1.29, 1.82) is 0 Å². The van der Waals surface area contributed by atoms with Gasteiger partial charge in [0, 0.05) is 16.7 Å². The van der Waals surface area contributed by atoms with Crippen molar-refractivity contribution in [2.24, 2.45) is 0 Å². The summed E-state index contributed by atoms with van der Waals surface area (Å²) in [5.74, 6) is -0.0647. The molecular weight excluding hydrogens is 324 g/mol. The van der Waals surface area contributed by atoms with Gasteiger partial charge in [0.05, 0.1) is 0 Å². The van der Waals surface area contributed by atoms with Crippen molar-refractivity contribution in [1.82, 2.24) is 0 Å². The third kappa shape index (κ3) is 4.71. The van der Waals surface area contributed by atoms with E-state index in [1.807, 2.05) is 30.3 Å². The molecule has 0 fully saturated rings. The normalized spacial score (nSPS) is 11.8. The van der Waals surface area contributed by atoms with E-state index < -0.39 is 0 Å². The standard InChI is InChI=1S/C11H12Br2O2/c12-7-10(8-13)15-11(14)6-9-4-2-1-3-5-9/h1-6,10,14H,7-8H2/b11-6+. The number of aliphatic hydroxyl groups excluding tert-OH is 1. The van der Waals surface area contributed by atoms with Gasteiger partial charge in [-0.25, -0.2) is 0 Å². The number of halogens is 2. The minimum atomic E-state index is -0.0648. The molecule has 4 heteroatoms. The summed E-state index contributed by atoms with van der Waals surface area (Å²) in [4.78, 5) is 0. The van der Waals surface area contributed by atoms with Crippen molar-refractivity contribution in [3.05, 3.63) is 41.8 Å². The smallest absolute Gasteiger partial charge is 0.277 e. The Kier molecular flexibility index (Phi) is 5.79.